The number of hydrogen-bond donors (Lipinski definition) is 0. The van der Waals surface area contributed by atoms with Gasteiger partial charge < -0.3 is 4.90 Å². The Hall–Kier alpha value is -3.46. The van der Waals surface area contributed by atoms with E-state index in [4.69, 9.17) is 0 Å². The van der Waals surface area contributed by atoms with Gasteiger partial charge in [0, 0.05) is 42.0 Å². The first-order chi connectivity index (χ1) is 12.6. The summed E-state index contributed by atoms with van der Waals surface area (Å²) in [6, 6.07) is 15.0. The zero-order valence-corrected chi connectivity index (χ0v) is 14.1. The Morgan fingerprint density at radius 1 is 1.15 bits per heavy atom. The van der Waals surface area contributed by atoms with Crippen molar-refractivity contribution >= 4 is 23.2 Å². The van der Waals surface area contributed by atoms with E-state index in [2.05, 4.69) is 4.90 Å². The molecule has 6 heteroatoms. The van der Waals surface area contributed by atoms with Crippen LogP contribution in [0.15, 0.2) is 54.1 Å². The summed E-state index contributed by atoms with van der Waals surface area (Å²) in [5.74, 6) is -0.396. The van der Waals surface area contributed by atoms with Crippen LogP contribution in [0.2, 0.25) is 0 Å². The van der Waals surface area contributed by atoms with Gasteiger partial charge >= 0.3 is 0 Å². The van der Waals surface area contributed by atoms with Gasteiger partial charge in [-0.1, -0.05) is 30.3 Å². The zero-order valence-electron chi connectivity index (χ0n) is 14.1. The molecule has 0 aromatic heterocycles. The summed E-state index contributed by atoms with van der Waals surface area (Å²) in [5.41, 5.74) is 1.62. The third kappa shape index (κ3) is 3.62. The zero-order chi connectivity index (χ0) is 18.5. The minimum absolute atomic E-state index is 0.0443. The van der Waals surface area contributed by atoms with Crippen LogP contribution in [-0.2, 0) is 0 Å². The SMILES string of the molecule is N#CC(=Cc1cc([N+](=O)[O-])ccc1N1CCCC1)C(=O)c1ccccc1. The van der Waals surface area contributed by atoms with Gasteiger partial charge in [-0.25, -0.2) is 0 Å². The Morgan fingerprint density at radius 2 is 1.85 bits per heavy atom. The van der Waals surface area contributed by atoms with Crippen molar-refractivity contribution in [3.63, 3.8) is 0 Å². The van der Waals surface area contributed by atoms with Gasteiger partial charge in [0.25, 0.3) is 5.69 Å². The van der Waals surface area contributed by atoms with Crippen molar-refractivity contribution in [2.75, 3.05) is 18.0 Å². The number of ketones is 1. The van der Waals surface area contributed by atoms with Gasteiger partial charge in [0.15, 0.2) is 0 Å². The Labute approximate surface area is 151 Å². The fourth-order valence-corrected chi connectivity index (χ4v) is 3.07. The summed E-state index contributed by atoms with van der Waals surface area (Å²) >= 11 is 0. The summed E-state index contributed by atoms with van der Waals surface area (Å²) < 4.78 is 0. The maximum absolute atomic E-state index is 12.6. The highest BCUT2D eigenvalue weighted by Crippen LogP contribution is 2.30. The Bertz CT molecular complexity index is 908. The number of non-ortho nitro benzene ring substituents is 1. The van der Waals surface area contributed by atoms with E-state index in [0.717, 1.165) is 31.6 Å². The highest BCUT2D eigenvalue weighted by molar-refractivity contribution is 6.14. The third-order valence-corrected chi connectivity index (χ3v) is 4.37. The van der Waals surface area contributed by atoms with Crippen LogP contribution >= 0.6 is 0 Å². The smallest absolute Gasteiger partial charge is 0.270 e. The predicted molar refractivity (Wildman–Crippen MR) is 98.9 cm³/mol. The standard InChI is InChI=1S/C20H17N3O3/c21-14-17(20(24)15-6-2-1-3-7-15)12-16-13-18(23(25)26)8-9-19(16)22-10-4-5-11-22/h1-3,6-9,12-13H,4-5,10-11H2. The first-order valence-electron chi connectivity index (χ1n) is 8.35. The quantitative estimate of drug-likeness (QED) is 0.268. The first kappa shape index (κ1) is 17.4. The number of nitro benzene ring substituents is 1. The number of anilines is 1. The largest absolute Gasteiger partial charge is 0.371 e. The second kappa shape index (κ2) is 7.62. The second-order valence-corrected chi connectivity index (χ2v) is 6.06. The van der Waals surface area contributed by atoms with Crippen molar-refractivity contribution in [2.45, 2.75) is 12.8 Å². The van der Waals surface area contributed by atoms with Crippen LogP contribution in [0.25, 0.3) is 6.08 Å². The number of nitro groups is 1. The molecule has 130 valence electrons. The average molecular weight is 347 g/mol. The van der Waals surface area contributed by atoms with Crippen LogP contribution < -0.4 is 4.90 Å². The molecule has 3 rings (SSSR count). The fourth-order valence-electron chi connectivity index (χ4n) is 3.07. The highest BCUT2D eigenvalue weighted by atomic mass is 16.6. The molecule has 1 aliphatic rings. The van der Waals surface area contributed by atoms with E-state index in [1.54, 1.807) is 36.4 Å². The van der Waals surface area contributed by atoms with Gasteiger partial charge in [-0.3, -0.25) is 14.9 Å². The van der Waals surface area contributed by atoms with Crippen molar-refractivity contribution in [2.24, 2.45) is 0 Å². The monoisotopic (exact) mass is 347 g/mol. The van der Waals surface area contributed by atoms with Crippen molar-refractivity contribution in [3.8, 4) is 6.07 Å². The van der Waals surface area contributed by atoms with Crippen molar-refractivity contribution < 1.29 is 9.72 Å². The molecule has 2 aromatic rings. The number of Topliss-reactive ketones (excluding diaryl/α,β-unsaturated/α-hetero) is 1. The molecule has 26 heavy (non-hydrogen) atoms. The number of hydrogen-bond acceptors (Lipinski definition) is 5. The molecule has 1 heterocycles. The normalized spacial score (nSPS) is 14.1. The van der Waals surface area contributed by atoms with E-state index in [-0.39, 0.29) is 11.3 Å². The molecule has 0 unspecified atom stereocenters. The van der Waals surface area contributed by atoms with E-state index in [1.165, 1.54) is 18.2 Å². The van der Waals surface area contributed by atoms with Crippen molar-refractivity contribution in [3.05, 3.63) is 75.3 Å². The molecule has 6 nitrogen and oxygen atoms in total. The molecule has 0 amide bonds. The molecule has 0 aliphatic carbocycles. The van der Waals surface area contributed by atoms with Gasteiger partial charge in [0.2, 0.25) is 5.78 Å². The van der Waals surface area contributed by atoms with Crippen LogP contribution in [-0.4, -0.2) is 23.8 Å². The van der Waals surface area contributed by atoms with E-state index in [0.29, 0.717) is 11.1 Å². The van der Waals surface area contributed by atoms with Crippen LogP contribution in [0.3, 0.4) is 0 Å². The summed E-state index contributed by atoms with van der Waals surface area (Å²) in [6.07, 6.45) is 3.55. The molecule has 2 aromatic carbocycles. The molecule has 0 N–H and O–H groups in total. The topological polar surface area (TPSA) is 87.2 Å². The van der Waals surface area contributed by atoms with Crippen LogP contribution in [0.5, 0.6) is 0 Å². The van der Waals surface area contributed by atoms with Gasteiger partial charge in [0.05, 0.1) is 4.92 Å². The van der Waals surface area contributed by atoms with E-state index in [1.807, 2.05) is 6.07 Å². The summed E-state index contributed by atoms with van der Waals surface area (Å²) in [7, 11) is 0. The highest BCUT2D eigenvalue weighted by Gasteiger charge is 2.19. The van der Waals surface area contributed by atoms with E-state index in [9.17, 15) is 20.2 Å². The third-order valence-electron chi connectivity index (χ3n) is 4.37. The van der Waals surface area contributed by atoms with Crippen LogP contribution in [0, 0.1) is 21.4 Å². The molecule has 0 bridgehead atoms. The minimum atomic E-state index is -0.476. The second-order valence-electron chi connectivity index (χ2n) is 6.06. The molecule has 1 saturated heterocycles. The summed E-state index contributed by atoms with van der Waals surface area (Å²) in [4.78, 5) is 25.4. The maximum atomic E-state index is 12.6. The molecule has 0 spiro atoms. The molecule has 1 aliphatic heterocycles. The molecule has 1 fully saturated rings. The number of nitrogens with zero attached hydrogens (tertiary/aromatic N) is 3. The Balaban J connectivity index is 2.06. The number of benzene rings is 2. The number of carbonyl (C=O) groups excluding carboxylic acids is 1. The van der Waals surface area contributed by atoms with Gasteiger partial charge in [0.1, 0.15) is 11.6 Å². The van der Waals surface area contributed by atoms with Crippen molar-refractivity contribution in [1.29, 1.82) is 5.26 Å². The van der Waals surface area contributed by atoms with Gasteiger partial charge in [-0.15, -0.1) is 0 Å². The minimum Gasteiger partial charge on any atom is -0.371 e. The van der Waals surface area contributed by atoms with Gasteiger partial charge in [-0.05, 0) is 25.0 Å². The molecular formula is C20H17N3O3. The molecule has 0 atom stereocenters. The molecule has 0 saturated carbocycles. The first-order valence-corrected chi connectivity index (χ1v) is 8.35. The summed E-state index contributed by atoms with van der Waals surface area (Å²) in [5, 5.41) is 20.6. The van der Waals surface area contributed by atoms with E-state index >= 15 is 0 Å². The van der Waals surface area contributed by atoms with Crippen LogP contribution in [0.4, 0.5) is 11.4 Å². The van der Waals surface area contributed by atoms with E-state index < -0.39 is 10.7 Å². The van der Waals surface area contributed by atoms with Crippen molar-refractivity contribution in [1.82, 2.24) is 0 Å². The fraction of sp³-hybridized carbons (Fsp3) is 0.200. The molecule has 0 radical (unpaired) electrons. The number of nitriles is 1. The van der Waals surface area contributed by atoms with Gasteiger partial charge in [-0.2, -0.15) is 5.26 Å². The lowest BCUT2D eigenvalue weighted by atomic mass is 10.0. The lowest BCUT2D eigenvalue weighted by molar-refractivity contribution is -0.384. The number of carbonyl (C=O) groups is 1. The number of allylic oxidation sites excluding steroid dienone is 1. The predicted octanol–water partition coefficient (Wildman–Crippen LogP) is 3.98. The average Bonchev–Trinajstić information content (AvgIpc) is 3.20. The number of rotatable bonds is 5. The molecular weight excluding hydrogens is 330 g/mol. The summed E-state index contributed by atoms with van der Waals surface area (Å²) in [6.45, 7) is 1.71. The Kier molecular flexibility index (Phi) is 5.09. The maximum Gasteiger partial charge on any atom is 0.270 e. The van der Waals surface area contributed by atoms with Crippen LogP contribution in [0.1, 0.15) is 28.8 Å². The lowest BCUT2D eigenvalue weighted by Gasteiger charge is -2.20. The lowest BCUT2D eigenvalue weighted by Crippen LogP contribution is -2.18. The Morgan fingerprint density at radius 3 is 2.46 bits per heavy atom.